The molecule has 0 radical (unpaired) electrons. The zero-order valence-electron chi connectivity index (χ0n) is 10.0. The van der Waals surface area contributed by atoms with Gasteiger partial charge in [-0.15, -0.1) is 22.6 Å². The van der Waals surface area contributed by atoms with E-state index in [4.69, 9.17) is 5.73 Å². The lowest BCUT2D eigenvalue weighted by atomic mass is 10.1. The molecule has 1 aromatic rings. The number of hydrogen-bond acceptors (Lipinski definition) is 6. The smallest absolute Gasteiger partial charge is 0.245 e. The molecule has 0 aliphatic rings. The molecule has 0 saturated heterocycles. The van der Waals surface area contributed by atoms with Crippen LogP contribution >= 0.6 is 23.7 Å². The molecule has 0 saturated carbocycles. The van der Waals surface area contributed by atoms with E-state index < -0.39 is 6.04 Å². The molecule has 0 aliphatic heterocycles. The predicted molar refractivity (Wildman–Crippen MR) is 71.6 cm³/mol. The average molecular weight is 294 g/mol. The van der Waals surface area contributed by atoms with Crippen LogP contribution in [-0.2, 0) is 9.59 Å². The molecule has 0 aliphatic carbocycles. The monoisotopic (exact) mass is 293 g/mol. The largest absolute Gasteiger partial charge is 0.346 e. The Morgan fingerprint density at radius 2 is 2.17 bits per heavy atom. The van der Waals surface area contributed by atoms with Crippen molar-refractivity contribution in [3.05, 3.63) is 5.51 Å². The van der Waals surface area contributed by atoms with Gasteiger partial charge in [0.25, 0.3) is 0 Å². The van der Waals surface area contributed by atoms with Gasteiger partial charge in [0, 0.05) is 0 Å². The van der Waals surface area contributed by atoms with E-state index in [-0.39, 0.29) is 36.7 Å². The lowest BCUT2D eigenvalue weighted by Crippen LogP contribution is -2.46. The van der Waals surface area contributed by atoms with Gasteiger partial charge < -0.3 is 11.1 Å². The quantitative estimate of drug-likeness (QED) is 0.708. The predicted octanol–water partition coefficient (Wildman–Crippen LogP) is -0.00210. The van der Waals surface area contributed by atoms with Crippen LogP contribution in [0.1, 0.15) is 13.8 Å². The van der Waals surface area contributed by atoms with E-state index in [0.29, 0.717) is 5.13 Å². The summed E-state index contributed by atoms with van der Waals surface area (Å²) in [5.74, 6) is -0.667. The van der Waals surface area contributed by atoms with Gasteiger partial charge in [0.1, 0.15) is 5.51 Å². The average Bonchev–Trinajstić information content (AvgIpc) is 2.77. The van der Waals surface area contributed by atoms with Crippen LogP contribution in [0, 0.1) is 5.92 Å². The van der Waals surface area contributed by atoms with Crippen molar-refractivity contribution in [1.29, 1.82) is 0 Å². The summed E-state index contributed by atoms with van der Waals surface area (Å²) in [6.07, 6.45) is 0. The van der Waals surface area contributed by atoms with E-state index in [2.05, 4.69) is 20.8 Å². The number of carbonyl (C=O) groups excluding carboxylic acids is 2. The van der Waals surface area contributed by atoms with Crippen molar-refractivity contribution in [3.63, 3.8) is 0 Å². The van der Waals surface area contributed by atoms with E-state index in [1.807, 2.05) is 13.8 Å². The van der Waals surface area contributed by atoms with E-state index in [1.54, 1.807) is 0 Å². The van der Waals surface area contributed by atoms with Crippen LogP contribution in [0.3, 0.4) is 0 Å². The molecule has 2 amide bonds. The maximum Gasteiger partial charge on any atom is 0.245 e. The molecular weight excluding hydrogens is 278 g/mol. The summed E-state index contributed by atoms with van der Waals surface area (Å²) in [6, 6.07) is -0.607. The summed E-state index contributed by atoms with van der Waals surface area (Å²) in [5.41, 5.74) is 7.12. The highest BCUT2D eigenvalue weighted by atomic mass is 35.5. The fourth-order valence-corrected chi connectivity index (χ4v) is 1.44. The molecule has 0 fully saturated rings. The van der Waals surface area contributed by atoms with Gasteiger partial charge in [0.05, 0.1) is 12.6 Å². The van der Waals surface area contributed by atoms with Crippen LogP contribution in [0.4, 0.5) is 5.13 Å². The molecule has 0 aromatic carbocycles. The van der Waals surface area contributed by atoms with Crippen molar-refractivity contribution in [1.82, 2.24) is 15.5 Å². The van der Waals surface area contributed by atoms with E-state index >= 15 is 0 Å². The maximum absolute atomic E-state index is 11.4. The van der Waals surface area contributed by atoms with Crippen LogP contribution in [0.2, 0.25) is 0 Å². The zero-order valence-corrected chi connectivity index (χ0v) is 11.7. The van der Waals surface area contributed by atoms with Gasteiger partial charge in [-0.05, 0) is 5.92 Å². The lowest BCUT2D eigenvalue weighted by Gasteiger charge is -2.14. The van der Waals surface area contributed by atoms with Crippen molar-refractivity contribution in [2.24, 2.45) is 11.7 Å². The minimum absolute atomic E-state index is 0. The molecule has 9 heteroatoms. The normalized spacial score (nSPS) is 11.6. The van der Waals surface area contributed by atoms with E-state index in [1.165, 1.54) is 16.8 Å². The highest BCUT2D eigenvalue weighted by Gasteiger charge is 2.17. The number of aromatic nitrogens is 2. The van der Waals surface area contributed by atoms with Gasteiger partial charge in [0.15, 0.2) is 0 Å². The first kappa shape index (κ1) is 16.8. The number of carbonyl (C=O) groups is 2. The standard InChI is InChI=1S/C9H15N5O2S.ClH/c1-5(2)7(10)8(16)11-3-6(15)13-9-14-12-4-17-9;/h4-5,7H,3,10H2,1-2H3,(H,11,16)(H,13,14,15);1H/t7-;/m0./s1. The van der Waals surface area contributed by atoms with E-state index in [9.17, 15) is 9.59 Å². The Kier molecular flexibility index (Phi) is 7.41. The Morgan fingerprint density at radius 3 is 2.67 bits per heavy atom. The fourth-order valence-electron chi connectivity index (χ4n) is 0.979. The molecule has 1 aromatic heterocycles. The second-order valence-electron chi connectivity index (χ2n) is 3.78. The third-order valence-electron chi connectivity index (χ3n) is 2.05. The number of amides is 2. The SMILES string of the molecule is CC(C)[C@H](N)C(=O)NCC(=O)Nc1nncs1.Cl. The van der Waals surface area contributed by atoms with E-state index in [0.717, 1.165) is 0 Å². The molecule has 18 heavy (non-hydrogen) atoms. The van der Waals surface area contributed by atoms with Crippen LogP contribution in [0.5, 0.6) is 0 Å². The third kappa shape index (κ3) is 5.39. The number of nitrogens with two attached hydrogens (primary N) is 1. The molecule has 4 N–H and O–H groups in total. The Bertz CT molecular complexity index is 384. The summed E-state index contributed by atoms with van der Waals surface area (Å²) in [4.78, 5) is 22.8. The van der Waals surface area contributed by atoms with Crippen molar-refractivity contribution in [3.8, 4) is 0 Å². The molecule has 0 spiro atoms. The first-order valence-electron chi connectivity index (χ1n) is 5.10. The van der Waals surface area contributed by atoms with Gasteiger partial charge in [-0.1, -0.05) is 25.2 Å². The zero-order chi connectivity index (χ0) is 12.8. The maximum atomic E-state index is 11.4. The molecular formula is C9H16ClN5O2S. The summed E-state index contributed by atoms with van der Waals surface area (Å²) in [5, 5.41) is 12.6. The topological polar surface area (TPSA) is 110 Å². The van der Waals surface area contributed by atoms with Crippen LogP contribution in [-0.4, -0.2) is 34.6 Å². The minimum Gasteiger partial charge on any atom is -0.346 e. The Morgan fingerprint density at radius 1 is 1.50 bits per heavy atom. The first-order valence-corrected chi connectivity index (χ1v) is 5.98. The molecule has 7 nitrogen and oxygen atoms in total. The second-order valence-corrected chi connectivity index (χ2v) is 4.61. The summed E-state index contributed by atoms with van der Waals surface area (Å²) in [6.45, 7) is 3.55. The van der Waals surface area contributed by atoms with Crippen molar-refractivity contribution >= 4 is 40.7 Å². The van der Waals surface area contributed by atoms with Gasteiger partial charge in [0.2, 0.25) is 16.9 Å². The summed E-state index contributed by atoms with van der Waals surface area (Å²) < 4.78 is 0. The van der Waals surface area contributed by atoms with Crippen molar-refractivity contribution < 1.29 is 9.59 Å². The Labute approximate surface area is 115 Å². The Balaban J connectivity index is 0.00000289. The van der Waals surface area contributed by atoms with Crippen molar-refractivity contribution in [2.45, 2.75) is 19.9 Å². The highest BCUT2D eigenvalue weighted by molar-refractivity contribution is 7.13. The van der Waals surface area contributed by atoms with Crippen LogP contribution < -0.4 is 16.4 Å². The molecule has 1 rings (SSSR count). The summed E-state index contributed by atoms with van der Waals surface area (Å²) in [7, 11) is 0. The number of hydrogen-bond donors (Lipinski definition) is 3. The number of halogens is 1. The number of anilines is 1. The molecule has 1 atom stereocenters. The minimum atomic E-state index is -0.607. The molecule has 1 heterocycles. The molecule has 102 valence electrons. The Hall–Kier alpha value is -1.25. The highest BCUT2D eigenvalue weighted by Crippen LogP contribution is 2.06. The number of rotatable bonds is 5. The van der Waals surface area contributed by atoms with Crippen molar-refractivity contribution in [2.75, 3.05) is 11.9 Å². The van der Waals surface area contributed by atoms with Crippen LogP contribution in [0.25, 0.3) is 0 Å². The molecule has 0 unspecified atom stereocenters. The fraction of sp³-hybridized carbons (Fsp3) is 0.556. The lowest BCUT2D eigenvalue weighted by molar-refractivity contribution is -0.125. The van der Waals surface area contributed by atoms with Gasteiger partial charge in [-0.3, -0.25) is 14.9 Å². The number of nitrogens with zero attached hydrogens (tertiary/aromatic N) is 2. The summed E-state index contributed by atoms with van der Waals surface area (Å²) >= 11 is 1.21. The van der Waals surface area contributed by atoms with Gasteiger partial charge in [-0.25, -0.2) is 0 Å². The molecule has 0 bridgehead atoms. The van der Waals surface area contributed by atoms with Gasteiger partial charge >= 0.3 is 0 Å². The third-order valence-corrected chi connectivity index (χ3v) is 2.66. The first-order chi connectivity index (χ1) is 8.00. The second kappa shape index (κ2) is 7.96. The number of nitrogens with one attached hydrogen (secondary N) is 2. The van der Waals surface area contributed by atoms with Crippen LogP contribution in [0.15, 0.2) is 5.51 Å². The van der Waals surface area contributed by atoms with Gasteiger partial charge in [-0.2, -0.15) is 0 Å².